The van der Waals surface area contributed by atoms with E-state index in [4.69, 9.17) is 9.47 Å². The molecule has 0 aliphatic carbocycles. The Morgan fingerprint density at radius 2 is 2.00 bits per heavy atom. The van der Waals surface area contributed by atoms with Crippen LogP contribution in [0.25, 0.3) is 22.9 Å². The molecule has 3 aromatic rings. The Morgan fingerprint density at radius 3 is 2.74 bits per heavy atom. The van der Waals surface area contributed by atoms with Gasteiger partial charge in [-0.1, -0.05) is 0 Å². The number of nitrogens with one attached hydrogen (secondary N) is 1. The van der Waals surface area contributed by atoms with Gasteiger partial charge in [0.2, 0.25) is 0 Å². The minimum atomic E-state index is 0.635. The quantitative estimate of drug-likeness (QED) is 0.728. The number of nitrogens with zero attached hydrogens (tertiary/aromatic N) is 3. The van der Waals surface area contributed by atoms with Crippen molar-refractivity contribution in [1.82, 2.24) is 19.5 Å². The maximum Gasteiger partial charge on any atom is 0.176 e. The van der Waals surface area contributed by atoms with Crippen molar-refractivity contribution in [2.45, 2.75) is 13.5 Å². The van der Waals surface area contributed by atoms with E-state index in [1.165, 1.54) is 0 Å². The highest BCUT2D eigenvalue weighted by Gasteiger charge is 2.11. The van der Waals surface area contributed by atoms with Gasteiger partial charge in [-0.2, -0.15) is 0 Å². The zero-order valence-corrected chi connectivity index (χ0v) is 13.3. The van der Waals surface area contributed by atoms with Crippen LogP contribution in [0.1, 0.15) is 6.92 Å². The van der Waals surface area contributed by atoms with E-state index in [9.17, 15) is 0 Å². The second-order valence-corrected chi connectivity index (χ2v) is 5.04. The molecule has 6 heteroatoms. The molecule has 0 aliphatic heterocycles. The first kappa shape index (κ1) is 15.3. The number of hydrogen-bond donors (Lipinski definition) is 1. The molecule has 0 saturated carbocycles. The van der Waals surface area contributed by atoms with Crippen LogP contribution in [-0.4, -0.2) is 39.8 Å². The zero-order chi connectivity index (χ0) is 16.1. The normalized spacial score (nSPS) is 10.9. The van der Waals surface area contributed by atoms with Crippen LogP contribution in [0.15, 0.2) is 42.9 Å². The lowest BCUT2D eigenvalue weighted by Crippen LogP contribution is -2.05. The molecule has 0 saturated heterocycles. The maximum atomic E-state index is 5.46. The van der Waals surface area contributed by atoms with Crippen LogP contribution in [0.3, 0.4) is 0 Å². The smallest absolute Gasteiger partial charge is 0.176 e. The van der Waals surface area contributed by atoms with Crippen molar-refractivity contribution in [2.75, 3.05) is 20.3 Å². The van der Waals surface area contributed by atoms with E-state index < -0.39 is 0 Å². The van der Waals surface area contributed by atoms with Gasteiger partial charge in [-0.05, 0) is 36.8 Å². The summed E-state index contributed by atoms with van der Waals surface area (Å²) in [5.41, 5.74) is 2.01. The number of rotatable bonds is 7. The van der Waals surface area contributed by atoms with Crippen molar-refractivity contribution < 1.29 is 9.47 Å². The highest BCUT2D eigenvalue weighted by Crippen LogP contribution is 2.23. The average Bonchev–Trinajstić information content (AvgIpc) is 3.23. The van der Waals surface area contributed by atoms with Gasteiger partial charge in [0.05, 0.1) is 25.1 Å². The van der Waals surface area contributed by atoms with Crippen LogP contribution in [0.5, 0.6) is 5.75 Å². The molecule has 2 aromatic heterocycles. The van der Waals surface area contributed by atoms with Gasteiger partial charge in [0.1, 0.15) is 5.75 Å². The van der Waals surface area contributed by atoms with Crippen molar-refractivity contribution in [3.05, 3.63) is 42.9 Å². The minimum absolute atomic E-state index is 0.635. The van der Waals surface area contributed by atoms with Gasteiger partial charge >= 0.3 is 0 Å². The van der Waals surface area contributed by atoms with Gasteiger partial charge in [-0.25, -0.2) is 9.97 Å². The third-order valence-corrected chi connectivity index (χ3v) is 3.52. The second-order valence-electron chi connectivity index (χ2n) is 5.04. The third-order valence-electron chi connectivity index (χ3n) is 3.52. The molecule has 0 unspecified atom stereocenters. The first-order valence-electron chi connectivity index (χ1n) is 7.60. The molecule has 0 aliphatic rings. The van der Waals surface area contributed by atoms with Gasteiger partial charge in [0.15, 0.2) is 11.6 Å². The summed E-state index contributed by atoms with van der Waals surface area (Å²) in [7, 11) is 1.69. The van der Waals surface area contributed by atoms with Crippen LogP contribution >= 0.6 is 0 Å². The van der Waals surface area contributed by atoms with Crippen LogP contribution in [0, 0.1) is 0 Å². The standard InChI is InChI=1S/C17H20N4O2/c1-3-23-14-6-4-13(5-7-14)15-12-19-16(20-15)17-18-8-9-21(17)10-11-22-2/h4-9,12H,3,10-11H2,1-2H3,(H,19,20). The van der Waals surface area contributed by atoms with E-state index in [0.717, 1.165) is 35.2 Å². The summed E-state index contributed by atoms with van der Waals surface area (Å²) in [6, 6.07) is 7.94. The summed E-state index contributed by atoms with van der Waals surface area (Å²) >= 11 is 0. The fraction of sp³-hybridized carbons (Fsp3) is 0.294. The Balaban J connectivity index is 1.81. The largest absolute Gasteiger partial charge is 0.494 e. The molecule has 0 amide bonds. The second kappa shape index (κ2) is 7.11. The van der Waals surface area contributed by atoms with Crippen LogP contribution < -0.4 is 4.74 Å². The summed E-state index contributed by atoms with van der Waals surface area (Å²) in [6.07, 6.45) is 5.51. The van der Waals surface area contributed by atoms with E-state index >= 15 is 0 Å². The molecule has 0 atom stereocenters. The number of imidazole rings is 2. The van der Waals surface area contributed by atoms with E-state index in [2.05, 4.69) is 15.0 Å². The molecule has 0 fully saturated rings. The molecule has 1 N–H and O–H groups in total. The van der Waals surface area contributed by atoms with Crippen molar-refractivity contribution in [1.29, 1.82) is 0 Å². The van der Waals surface area contributed by atoms with Gasteiger partial charge in [0, 0.05) is 26.0 Å². The van der Waals surface area contributed by atoms with E-state index in [1.54, 1.807) is 13.3 Å². The number of benzene rings is 1. The predicted molar refractivity (Wildman–Crippen MR) is 88.3 cm³/mol. The minimum Gasteiger partial charge on any atom is -0.494 e. The molecule has 0 radical (unpaired) electrons. The highest BCUT2D eigenvalue weighted by atomic mass is 16.5. The van der Waals surface area contributed by atoms with Crippen LogP contribution in [0.4, 0.5) is 0 Å². The topological polar surface area (TPSA) is 65.0 Å². The number of methoxy groups -OCH3 is 1. The van der Waals surface area contributed by atoms with Crippen LogP contribution in [-0.2, 0) is 11.3 Å². The molecule has 1 aromatic carbocycles. The summed E-state index contributed by atoms with van der Waals surface area (Å²) in [5, 5.41) is 0. The fourth-order valence-electron chi connectivity index (χ4n) is 2.38. The molecular formula is C17H20N4O2. The summed E-state index contributed by atoms with van der Waals surface area (Å²) < 4.78 is 12.6. The van der Waals surface area contributed by atoms with Crippen LogP contribution in [0.2, 0.25) is 0 Å². The predicted octanol–water partition coefficient (Wildman–Crippen LogP) is 2.99. The Kier molecular flexibility index (Phi) is 4.73. The Hall–Kier alpha value is -2.60. The summed E-state index contributed by atoms with van der Waals surface area (Å²) in [5.74, 6) is 2.42. The third kappa shape index (κ3) is 3.43. The first-order valence-corrected chi connectivity index (χ1v) is 7.60. The van der Waals surface area contributed by atoms with Gasteiger partial charge in [0.25, 0.3) is 0 Å². The molecule has 0 bridgehead atoms. The van der Waals surface area contributed by atoms with Gasteiger partial charge < -0.3 is 19.0 Å². The molecule has 6 nitrogen and oxygen atoms in total. The van der Waals surface area contributed by atoms with Crippen molar-refractivity contribution in [3.63, 3.8) is 0 Å². The zero-order valence-electron chi connectivity index (χ0n) is 13.3. The first-order chi connectivity index (χ1) is 11.3. The average molecular weight is 312 g/mol. The summed E-state index contributed by atoms with van der Waals surface area (Å²) in [6.45, 7) is 4.01. The number of aromatic amines is 1. The molecule has 2 heterocycles. The lowest BCUT2D eigenvalue weighted by molar-refractivity contribution is 0.187. The molecule has 120 valence electrons. The Bertz CT molecular complexity index is 746. The van der Waals surface area contributed by atoms with Gasteiger partial charge in [-0.15, -0.1) is 0 Å². The maximum absolute atomic E-state index is 5.46. The summed E-state index contributed by atoms with van der Waals surface area (Å²) in [4.78, 5) is 12.2. The molecular weight excluding hydrogens is 292 g/mol. The number of ether oxygens (including phenoxy) is 2. The molecule has 23 heavy (non-hydrogen) atoms. The Labute approximate surface area is 135 Å². The van der Waals surface area contributed by atoms with E-state index in [-0.39, 0.29) is 0 Å². The lowest BCUT2D eigenvalue weighted by atomic mass is 10.2. The molecule has 3 rings (SSSR count). The SMILES string of the molecule is CCOc1ccc(-c2cnc(-c3nccn3CCOC)[nH]2)cc1. The Morgan fingerprint density at radius 1 is 1.17 bits per heavy atom. The van der Waals surface area contributed by atoms with Crippen molar-refractivity contribution in [3.8, 4) is 28.7 Å². The van der Waals surface area contributed by atoms with E-state index in [1.807, 2.05) is 48.1 Å². The van der Waals surface area contributed by atoms with Crippen molar-refractivity contribution >= 4 is 0 Å². The number of aromatic nitrogens is 4. The number of hydrogen-bond acceptors (Lipinski definition) is 4. The fourth-order valence-corrected chi connectivity index (χ4v) is 2.38. The lowest BCUT2D eigenvalue weighted by Gasteiger charge is -2.05. The molecule has 0 spiro atoms. The van der Waals surface area contributed by atoms with Gasteiger partial charge in [-0.3, -0.25) is 0 Å². The van der Waals surface area contributed by atoms with Crippen molar-refractivity contribution in [2.24, 2.45) is 0 Å². The monoisotopic (exact) mass is 312 g/mol. The highest BCUT2D eigenvalue weighted by molar-refractivity contribution is 5.62. The van der Waals surface area contributed by atoms with E-state index in [0.29, 0.717) is 13.2 Å². The number of H-pyrrole nitrogens is 1.